The fraction of sp³-hybridized carbons (Fsp3) is 1.00. The monoisotopic (exact) mass is 352 g/mol. The van der Waals surface area contributed by atoms with Gasteiger partial charge in [0.15, 0.2) is 0 Å². The van der Waals surface area contributed by atoms with Gasteiger partial charge in [-0.05, 0) is 6.42 Å². The van der Waals surface area contributed by atoms with Crippen LogP contribution < -0.4 is 11.0 Å². The van der Waals surface area contributed by atoms with Gasteiger partial charge in [-0.2, -0.15) is 5.43 Å². The molecule has 0 aromatic carbocycles. The Hall–Kier alpha value is -0.640. The Morgan fingerprint density at radius 1 is 0.680 bits per heavy atom. The van der Waals surface area contributed by atoms with Gasteiger partial charge in [0.05, 0.1) is 0 Å². The van der Waals surface area contributed by atoms with Crippen molar-refractivity contribution >= 4 is 0 Å². The van der Waals surface area contributed by atoms with Crippen LogP contribution in [0.3, 0.4) is 0 Å². The van der Waals surface area contributed by atoms with Gasteiger partial charge in [0.1, 0.15) is 6.17 Å². The van der Waals surface area contributed by atoms with Crippen molar-refractivity contribution in [3.63, 3.8) is 0 Å². The zero-order valence-corrected chi connectivity index (χ0v) is 17.3. The third-order valence-corrected chi connectivity index (χ3v) is 5.59. The van der Waals surface area contributed by atoms with E-state index in [1.807, 2.05) is 0 Å². The molecule has 4 heteroatoms. The first-order valence-corrected chi connectivity index (χ1v) is 11.1. The van der Waals surface area contributed by atoms with Gasteiger partial charge in [-0.15, -0.1) is 5.11 Å². The number of hydrazine groups is 1. The average Bonchev–Trinajstić information content (AvgIpc) is 3.14. The van der Waals surface area contributed by atoms with E-state index in [0.717, 1.165) is 0 Å². The van der Waals surface area contributed by atoms with Gasteiger partial charge >= 0.3 is 0 Å². The lowest BCUT2D eigenvalue weighted by Gasteiger charge is -2.27. The summed E-state index contributed by atoms with van der Waals surface area (Å²) in [7, 11) is 0. The number of rotatable bonds is 17. The van der Waals surface area contributed by atoms with Crippen LogP contribution >= 0.6 is 0 Å². The van der Waals surface area contributed by atoms with E-state index < -0.39 is 0 Å². The van der Waals surface area contributed by atoms with Crippen LogP contribution in [0.2, 0.25) is 0 Å². The molecule has 1 heterocycles. The summed E-state index contributed by atoms with van der Waals surface area (Å²) in [4.78, 5) is 0. The van der Waals surface area contributed by atoms with Crippen molar-refractivity contribution < 1.29 is 0 Å². The highest BCUT2D eigenvalue weighted by molar-refractivity contribution is 4.81. The second-order valence-corrected chi connectivity index (χ2v) is 8.56. The van der Waals surface area contributed by atoms with Crippen molar-refractivity contribution in [2.45, 2.75) is 130 Å². The predicted molar refractivity (Wildman–Crippen MR) is 108 cm³/mol. The third-order valence-electron chi connectivity index (χ3n) is 5.59. The molecule has 0 saturated carbocycles. The molecule has 148 valence electrons. The van der Waals surface area contributed by atoms with Crippen molar-refractivity contribution in [1.29, 1.82) is 0 Å². The Balaban J connectivity index is 1.78. The van der Waals surface area contributed by atoms with E-state index in [-0.39, 0.29) is 11.6 Å². The van der Waals surface area contributed by atoms with Crippen LogP contribution in [0.1, 0.15) is 124 Å². The summed E-state index contributed by atoms with van der Waals surface area (Å²) in [6.45, 7) is 6.85. The molecule has 0 amide bonds. The Kier molecular flexibility index (Phi) is 13.0. The van der Waals surface area contributed by atoms with Gasteiger partial charge in [-0.25, -0.2) is 5.53 Å². The highest BCUT2D eigenvalue weighted by atomic mass is 15.7. The maximum Gasteiger partial charge on any atom is 0.146 e. The second kappa shape index (κ2) is 14.5. The van der Waals surface area contributed by atoms with Crippen LogP contribution in [0.5, 0.6) is 0 Å². The topological polar surface area (TPSA) is 48.8 Å². The lowest BCUT2D eigenvalue weighted by atomic mass is 9.84. The highest BCUT2D eigenvalue weighted by Crippen LogP contribution is 2.30. The number of nitrogens with one attached hydrogen (secondary N) is 2. The SMILES string of the molecule is CCCCCCCCCCCCCCCCCC(C)(C)C1N=NNN1. The molecule has 1 rings (SSSR count). The Morgan fingerprint density at radius 2 is 1.12 bits per heavy atom. The molecule has 1 aliphatic rings. The van der Waals surface area contributed by atoms with Crippen LogP contribution in [0.4, 0.5) is 0 Å². The molecule has 0 aromatic rings. The first-order valence-electron chi connectivity index (χ1n) is 11.1. The molecule has 1 atom stereocenters. The van der Waals surface area contributed by atoms with E-state index in [2.05, 4.69) is 42.1 Å². The minimum absolute atomic E-state index is 0.124. The zero-order valence-electron chi connectivity index (χ0n) is 17.3. The first kappa shape index (κ1) is 22.4. The number of hydrogen-bond acceptors (Lipinski definition) is 4. The molecule has 0 aromatic heterocycles. The molecule has 1 unspecified atom stereocenters. The van der Waals surface area contributed by atoms with Crippen molar-refractivity contribution in [2.24, 2.45) is 15.8 Å². The lowest BCUT2D eigenvalue weighted by molar-refractivity contribution is 0.226. The van der Waals surface area contributed by atoms with E-state index in [9.17, 15) is 0 Å². The van der Waals surface area contributed by atoms with Crippen LogP contribution in [-0.4, -0.2) is 6.17 Å². The smallest absolute Gasteiger partial charge is 0.146 e. The summed E-state index contributed by atoms with van der Waals surface area (Å²) in [5.74, 6) is 0. The van der Waals surface area contributed by atoms with Gasteiger partial charge in [0.2, 0.25) is 0 Å². The maximum atomic E-state index is 4.20. The van der Waals surface area contributed by atoms with E-state index in [1.54, 1.807) is 0 Å². The quantitative estimate of drug-likeness (QED) is 0.275. The van der Waals surface area contributed by atoms with Crippen molar-refractivity contribution in [3.8, 4) is 0 Å². The highest BCUT2D eigenvalue weighted by Gasteiger charge is 2.30. The molecular weight excluding hydrogens is 308 g/mol. The fourth-order valence-corrected chi connectivity index (χ4v) is 3.65. The van der Waals surface area contributed by atoms with E-state index in [1.165, 1.54) is 103 Å². The van der Waals surface area contributed by atoms with E-state index in [0.29, 0.717) is 0 Å². The summed E-state index contributed by atoms with van der Waals surface area (Å²) in [5, 5.41) is 8.01. The molecule has 0 fully saturated rings. The van der Waals surface area contributed by atoms with Crippen LogP contribution in [0, 0.1) is 5.41 Å². The fourth-order valence-electron chi connectivity index (χ4n) is 3.65. The van der Waals surface area contributed by atoms with Crippen LogP contribution in [0.15, 0.2) is 10.3 Å². The maximum absolute atomic E-state index is 4.20. The Bertz CT molecular complexity index is 328. The number of unbranched alkanes of at least 4 members (excludes halogenated alkanes) is 14. The number of hydrogen-bond donors (Lipinski definition) is 2. The van der Waals surface area contributed by atoms with Crippen LogP contribution in [-0.2, 0) is 0 Å². The molecule has 1 aliphatic heterocycles. The summed E-state index contributed by atoms with van der Waals surface area (Å²) >= 11 is 0. The Morgan fingerprint density at radius 3 is 1.52 bits per heavy atom. The molecule has 2 N–H and O–H groups in total. The minimum Gasteiger partial charge on any atom is -0.222 e. The standard InChI is InChI=1S/C21H44N4/c1-4-5-6-7-8-9-10-11-12-13-14-15-16-17-18-19-21(2,3)20-22-24-25-23-20/h20H,4-19H2,1-3H3,(H,22,25)(H,23,24). The van der Waals surface area contributed by atoms with Crippen molar-refractivity contribution in [1.82, 2.24) is 11.0 Å². The minimum atomic E-state index is 0.124. The average molecular weight is 353 g/mol. The van der Waals surface area contributed by atoms with Crippen molar-refractivity contribution in [2.75, 3.05) is 0 Å². The second-order valence-electron chi connectivity index (χ2n) is 8.56. The molecular formula is C21H44N4. The molecule has 4 nitrogen and oxygen atoms in total. The normalized spacial score (nSPS) is 17.2. The van der Waals surface area contributed by atoms with Gasteiger partial charge in [-0.1, -0.05) is 122 Å². The zero-order chi connectivity index (χ0) is 18.2. The summed E-state index contributed by atoms with van der Waals surface area (Å²) < 4.78 is 0. The van der Waals surface area contributed by atoms with Gasteiger partial charge in [0.25, 0.3) is 0 Å². The molecule has 0 spiro atoms. The molecule has 0 aliphatic carbocycles. The van der Waals surface area contributed by atoms with Gasteiger partial charge in [0, 0.05) is 5.41 Å². The lowest BCUT2D eigenvalue weighted by Crippen LogP contribution is -2.41. The van der Waals surface area contributed by atoms with Crippen LogP contribution in [0.25, 0.3) is 0 Å². The summed E-state index contributed by atoms with van der Waals surface area (Å²) in [5.41, 5.74) is 6.04. The first-order chi connectivity index (χ1) is 12.2. The van der Waals surface area contributed by atoms with Gasteiger partial charge < -0.3 is 0 Å². The van der Waals surface area contributed by atoms with E-state index in [4.69, 9.17) is 0 Å². The molecule has 0 radical (unpaired) electrons. The summed E-state index contributed by atoms with van der Waals surface area (Å²) in [6, 6.07) is 0. The Labute approximate surface area is 157 Å². The van der Waals surface area contributed by atoms with Crippen molar-refractivity contribution in [3.05, 3.63) is 0 Å². The molecule has 25 heavy (non-hydrogen) atoms. The number of nitrogens with zero attached hydrogens (tertiary/aromatic N) is 2. The summed E-state index contributed by atoms with van der Waals surface area (Å²) in [6.07, 6.45) is 22.7. The molecule has 0 bridgehead atoms. The largest absolute Gasteiger partial charge is 0.222 e. The molecule has 0 saturated heterocycles. The van der Waals surface area contributed by atoms with E-state index >= 15 is 0 Å². The third kappa shape index (κ3) is 11.6. The van der Waals surface area contributed by atoms with Gasteiger partial charge in [-0.3, -0.25) is 0 Å². The predicted octanol–water partition coefficient (Wildman–Crippen LogP) is 7.08.